The van der Waals surface area contributed by atoms with Gasteiger partial charge >= 0.3 is 6.09 Å². The van der Waals surface area contributed by atoms with Gasteiger partial charge in [0, 0.05) is 36.5 Å². The van der Waals surface area contributed by atoms with Crippen LogP contribution in [0.5, 0.6) is 0 Å². The minimum Gasteiger partial charge on any atom is -0.446 e. The number of cyclic esters (lactones) is 1. The van der Waals surface area contributed by atoms with Crippen LogP contribution in [0.25, 0.3) is 11.1 Å². The van der Waals surface area contributed by atoms with E-state index >= 15 is 0 Å². The maximum absolute atomic E-state index is 12.4. The molecule has 1 amide bonds. The molecule has 3 aromatic rings. The summed E-state index contributed by atoms with van der Waals surface area (Å²) < 4.78 is 17.4. The van der Waals surface area contributed by atoms with Crippen LogP contribution >= 0.6 is 0 Å². The molecule has 1 aliphatic heterocycles. The van der Waals surface area contributed by atoms with E-state index in [9.17, 15) is 9.18 Å². The highest BCUT2D eigenvalue weighted by Crippen LogP contribution is 2.29. The summed E-state index contributed by atoms with van der Waals surface area (Å²) in [5.41, 5.74) is 5.37. The number of hydrogen-bond acceptors (Lipinski definition) is 4. The third-order valence-corrected chi connectivity index (χ3v) is 6.01. The average molecular weight is 465 g/mol. The molecule has 1 N–H and O–H groups in total. The van der Waals surface area contributed by atoms with Crippen LogP contribution in [0, 0.1) is 19.7 Å². The molecule has 2 heterocycles. The highest BCUT2D eigenvalue weighted by atomic mass is 19.1. The molecule has 180 valence electrons. The van der Waals surface area contributed by atoms with Gasteiger partial charge in [-0.05, 0) is 62.9 Å². The van der Waals surface area contributed by atoms with Gasteiger partial charge in [0.25, 0.3) is 0 Å². The van der Waals surface area contributed by atoms with E-state index in [-0.39, 0.29) is 30.7 Å². The second kappa shape index (κ2) is 12.3. The molecule has 34 heavy (non-hydrogen) atoms. The van der Waals surface area contributed by atoms with E-state index < -0.39 is 0 Å². The van der Waals surface area contributed by atoms with Crippen molar-refractivity contribution in [2.45, 2.75) is 52.2 Å². The standard InChI is InChI=1S/C22H28N2O3.C6H5F/c1-15-6-11-21(16(2)23-15)19-9-7-18(8-10-19)17(3)24-13-12-20(5-4-14-25)27-22(24)26;7-6-4-2-1-3-5-6/h6-11,17,20,25H,4-5,12-14H2,1-3H3;1-5H. The second-order valence-corrected chi connectivity index (χ2v) is 8.53. The second-order valence-electron chi connectivity index (χ2n) is 8.53. The van der Waals surface area contributed by atoms with Crippen molar-refractivity contribution in [1.82, 2.24) is 9.88 Å². The molecule has 0 aliphatic carbocycles. The lowest BCUT2D eigenvalue weighted by atomic mass is 9.99. The molecule has 1 aliphatic rings. The van der Waals surface area contributed by atoms with Crippen LogP contribution in [0.1, 0.15) is 49.2 Å². The van der Waals surface area contributed by atoms with Gasteiger partial charge in [-0.1, -0.05) is 48.5 Å². The Hall–Kier alpha value is -3.25. The van der Waals surface area contributed by atoms with Crippen LogP contribution in [0.2, 0.25) is 0 Å². The number of nitrogens with zero attached hydrogens (tertiary/aromatic N) is 2. The fraction of sp³-hybridized carbons (Fsp3) is 0.357. The fourth-order valence-corrected chi connectivity index (χ4v) is 4.05. The van der Waals surface area contributed by atoms with Crippen LogP contribution in [0.15, 0.2) is 66.7 Å². The summed E-state index contributed by atoms with van der Waals surface area (Å²) in [4.78, 5) is 18.7. The minimum absolute atomic E-state index is 0.0393. The third-order valence-electron chi connectivity index (χ3n) is 6.01. The number of hydrogen-bond donors (Lipinski definition) is 1. The van der Waals surface area contributed by atoms with Crippen molar-refractivity contribution in [1.29, 1.82) is 0 Å². The van der Waals surface area contributed by atoms with Gasteiger partial charge in [0.2, 0.25) is 0 Å². The van der Waals surface area contributed by atoms with E-state index in [1.54, 1.807) is 23.1 Å². The molecule has 5 nitrogen and oxygen atoms in total. The first-order valence-electron chi connectivity index (χ1n) is 11.7. The van der Waals surface area contributed by atoms with Gasteiger partial charge < -0.3 is 14.7 Å². The van der Waals surface area contributed by atoms with Gasteiger partial charge in [0.15, 0.2) is 0 Å². The van der Waals surface area contributed by atoms with Gasteiger partial charge in [-0.15, -0.1) is 0 Å². The zero-order valence-corrected chi connectivity index (χ0v) is 20.1. The minimum atomic E-state index is -0.264. The predicted molar refractivity (Wildman–Crippen MR) is 132 cm³/mol. The SMILES string of the molecule is Cc1ccc(-c2ccc(C(C)N3CCC(CCCO)OC3=O)cc2)c(C)n1.Fc1ccccc1. The van der Waals surface area contributed by atoms with Crippen molar-refractivity contribution in [2.24, 2.45) is 0 Å². The van der Waals surface area contributed by atoms with Crippen LogP contribution in [0.4, 0.5) is 9.18 Å². The van der Waals surface area contributed by atoms with Crippen molar-refractivity contribution in [3.63, 3.8) is 0 Å². The average Bonchev–Trinajstić information content (AvgIpc) is 2.83. The van der Waals surface area contributed by atoms with E-state index in [0.717, 1.165) is 40.9 Å². The number of halogens is 1. The van der Waals surface area contributed by atoms with E-state index in [4.69, 9.17) is 9.84 Å². The van der Waals surface area contributed by atoms with E-state index in [1.807, 2.05) is 26.8 Å². The topological polar surface area (TPSA) is 62.7 Å². The van der Waals surface area contributed by atoms with Crippen molar-refractivity contribution in [3.8, 4) is 11.1 Å². The maximum Gasteiger partial charge on any atom is 0.410 e. The monoisotopic (exact) mass is 464 g/mol. The molecule has 4 rings (SSSR count). The Bertz CT molecular complexity index is 1060. The Morgan fingerprint density at radius 3 is 2.35 bits per heavy atom. The van der Waals surface area contributed by atoms with E-state index in [1.165, 1.54) is 12.1 Å². The molecule has 1 saturated heterocycles. The first kappa shape index (κ1) is 25.4. The number of amides is 1. The fourth-order valence-electron chi connectivity index (χ4n) is 4.05. The molecule has 0 saturated carbocycles. The number of benzene rings is 2. The zero-order valence-electron chi connectivity index (χ0n) is 20.1. The van der Waals surface area contributed by atoms with Gasteiger partial charge in [0.1, 0.15) is 11.9 Å². The Kier molecular flexibility index (Phi) is 9.16. The van der Waals surface area contributed by atoms with Crippen molar-refractivity contribution < 1.29 is 19.0 Å². The van der Waals surface area contributed by atoms with Crippen LogP contribution < -0.4 is 0 Å². The third kappa shape index (κ3) is 6.87. The van der Waals surface area contributed by atoms with E-state index in [2.05, 4.69) is 35.3 Å². The molecule has 2 unspecified atom stereocenters. The van der Waals surface area contributed by atoms with E-state index in [0.29, 0.717) is 13.0 Å². The highest BCUT2D eigenvalue weighted by molar-refractivity contribution is 5.70. The highest BCUT2D eigenvalue weighted by Gasteiger charge is 2.30. The predicted octanol–water partition coefficient (Wildman–Crippen LogP) is 6.24. The van der Waals surface area contributed by atoms with Crippen molar-refractivity contribution in [2.75, 3.05) is 13.2 Å². The molecule has 6 heteroatoms. The van der Waals surface area contributed by atoms with Gasteiger partial charge in [-0.25, -0.2) is 9.18 Å². The molecule has 1 aromatic heterocycles. The number of rotatable bonds is 6. The van der Waals surface area contributed by atoms with Crippen molar-refractivity contribution >= 4 is 6.09 Å². The summed E-state index contributed by atoms with van der Waals surface area (Å²) in [6.07, 6.45) is 1.86. The van der Waals surface area contributed by atoms with Gasteiger partial charge in [-0.3, -0.25) is 4.98 Å². The summed E-state index contributed by atoms with van der Waals surface area (Å²) in [6.45, 7) is 6.86. The summed E-state index contributed by atoms with van der Waals surface area (Å²) in [5, 5.41) is 8.93. The number of aromatic nitrogens is 1. The molecule has 1 fully saturated rings. The molecular formula is C28H33FN2O3. The zero-order chi connectivity index (χ0) is 24.5. The molecule has 0 bridgehead atoms. The molecule has 2 atom stereocenters. The van der Waals surface area contributed by atoms with Crippen LogP contribution in [-0.4, -0.2) is 40.3 Å². The van der Waals surface area contributed by atoms with Gasteiger partial charge in [0.05, 0.1) is 6.04 Å². The Morgan fingerprint density at radius 2 is 1.79 bits per heavy atom. The summed E-state index contributed by atoms with van der Waals surface area (Å²) >= 11 is 0. The number of carbonyl (C=O) groups is 1. The van der Waals surface area contributed by atoms with Crippen LogP contribution in [-0.2, 0) is 4.74 Å². The lowest BCUT2D eigenvalue weighted by Gasteiger charge is -2.35. The normalized spacial score (nSPS) is 16.3. The number of aliphatic hydroxyl groups excluding tert-OH is 1. The molecule has 0 radical (unpaired) electrons. The Labute approximate surface area is 201 Å². The van der Waals surface area contributed by atoms with Gasteiger partial charge in [-0.2, -0.15) is 0 Å². The van der Waals surface area contributed by atoms with Crippen molar-refractivity contribution in [3.05, 3.63) is 89.5 Å². The molecular weight excluding hydrogens is 431 g/mol. The number of carbonyl (C=O) groups excluding carboxylic acids is 1. The quantitative estimate of drug-likeness (QED) is 0.469. The maximum atomic E-state index is 12.4. The smallest absolute Gasteiger partial charge is 0.410 e. The number of ether oxygens (including phenoxy) is 1. The summed E-state index contributed by atoms with van der Waals surface area (Å²) in [7, 11) is 0. The first-order valence-corrected chi connectivity index (χ1v) is 11.7. The number of aryl methyl sites for hydroxylation is 2. The number of pyridine rings is 1. The lowest BCUT2D eigenvalue weighted by molar-refractivity contribution is 0.00760. The largest absolute Gasteiger partial charge is 0.446 e. The summed E-state index contributed by atoms with van der Waals surface area (Å²) in [5.74, 6) is -0.178. The number of aliphatic hydroxyl groups is 1. The first-order chi connectivity index (χ1) is 16.4. The lowest BCUT2D eigenvalue weighted by Crippen LogP contribution is -2.43. The molecule has 2 aromatic carbocycles. The van der Waals surface area contributed by atoms with Crippen LogP contribution in [0.3, 0.4) is 0 Å². The summed E-state index contributed by atoms with van der Waals surface area (Å²) in [6, 6.07) is 20.3. The molecule has 0 spiro atoms. The Morgan fingerprint density at radius 1 is 1.09 bits per heavy atom. The Balaban J connectivity index is 0.000000396.